The topological polar surface area (TPSA) is 87.0 Å². The van der Waals surface area contributed by atoms with Gasteiger partial charge in [-0.05, 0) is 24.8 Å². The van der Waals surface area contributed by atoms with Crippen LogP contribution < -0.4 is 0 Å². The molecule has 0 fully saturated rings. The van der Waals surface area contributed by atoms with E-state index in [2.05, 4.69) is 0 Å². The molecular weight excluding hydrogens is 320 g/mol. The number of benzene rings is 1. The van der Waals surface area contributed by atoms with Crippen LogP contribution in [0.15, 0.2) is 30.3 Å². The van der Waals surface area contributed by atoms with Crippen LogP contribution in [-0.4, -0.2) is 46.2 Å². The van der Waals surface area contributed by atoms with Crippen molar-refractivity contribution in [1.82, 2.24) is 0 Å². The zero-order chi connectivity index (χ0) is 18.8. The first-order chi connectivity index (χ1) is 11.9. The van der Waals surface area contributed by atoms with E-state index in [1.807, 2.05) is 37.3 Å². The van der Waals surface area contributed by atoms with Gasteiger partial charge in [0, 0.05) is 6.42 Å². The van der Waals surface area contributed by atoms with Crippen LogP contribution in [0.25, 0.3) is 0 Å². The standard InChI is InChI=1S/C20H32O5/c1-4-6-12-16(21)18(23)13-17(22)14(3)19(20(24)25-5-2)15-10-8-7-9-11-15/h7-11,14,16-19,21-23H,4-6,12-13H2,1-3H3. The van der Waals surface area contributed by atoms with Crippen molar-refractivity contribution in [2.75, 3.05) is 6.61 Å². The van der Waals surface area contributed by atoms with Crippen molar-refractivity contribution in [2.45, 2.75) is 70.7 Å². The Morgan fingerprint density at radius 2 is 1.68 bits per heavy atom. The lowest BCUT2D eigenvalue weighted by molar-refractivity contribution is -0.148. The molecule has 3 N–H and O–H groups in total. The zero-order valence-electron chi connectivity index (χ0n) is 15.5. The number of hydrogen-bond donors (Lipinski definition) is 3. The van der Waals surface area contributed by atoms with E-state index in [9.17, 15) is 20.1 Å². The van der Waals surface area contributed by atoms with Gasteiger partial charge in [0.25, 0.3) is 0 Å². The van der Waals surface area contributed by atoms with Crippen molar-refractivity contribution in [1.29, 1.82) is 0 Å². The fraction of sp³-hybridized carbons (Fsp3) is 0.650. The van der Waals surface area contributed by atoms with Gasteiger partial charge in [0.05, 0.1) is 30.8 Å². The summed E-state index contributed by atoms with van der Waals surface area (Å²) in [6.45, 7) is 5.79. The lowest BCUT2D eigenvalue weighted by atomic mass is 9.81. The third-order valence-corrected chi connectivity index (χ3v) is 4.61. The van der Waals surface area contributed by atoms with Crippen molar-refractivity contribution < 1.29 is 24.9 Å². The summed E-state index contributed by atoms with van der Waals surface area (Å²) in [4.78, 5) is 12.4. The molecule has 5 unspecified atom stereocenters. The number of aliphatic hydroxyl groups is 3. The fourth-order valence-corrected chi connectivity index (χ4v) is 2.99. The maximum absolute atomic E-state index is 12.4. The number of unbranched alkanes of at least 4 members (excludes halogenated alkanes) is 1. The average Bonchev–Trinajstić information content (AvgIpc) is 2.60. The second-order valence-corrected chi connectivity index (χ2v) is 6.58. The smallest absolute Gasteiger partial charge is 0.313 e. The predicted molar refractivity (Wildman–Crippen MR) is 97.1 cm³/mol. The van der Waals surface area contributed by atoms with Crippen LogP contribution in [0.2, 0.25) is 0 Å². The fourth-order valence-electron chi connectivity index (χ4n) is 2.99. The Kier molecular flexibility index (Phi) is 9.71. The van der Waals surface area contributed by atoms with E-state index < -0.39 is 30.1 Å². The molecule has 1 aromatic rings. The molecule has 0 radical (unpaired) electrons. The van der Waals surface area contributed by atoms with Crippen LogP contribution in [0.1, 0.15) is 57.9 Å². The van der Waals surface area contributed by atoms with Crippen LogP contribution >= 0.6 is 0 Å². The van der Waals surface area contributed by atoms with Crippen molar-refractivity contribution in [3.05, 3.63) is 35.9 Å². The molecule has 0 spiro atoms. The molecule has 0 aliphatic heterocycles. The Morgan fingerprint density at radius 1 is 1.04 bits per heavy atom. The van der Waals surface area contributed by atoms with Gasteiger partial charge >= 0.3 is 5.97 Å². The quantitative estimate of drug-likeness (QED) is 0.533. The summed E-state index contributed by atoms with van der Waals surface area (Å²) >= 11 is 0. The molecule has 0 aliphatic rings. The largest absolute Gasteiger partial charge is 0.466 e. The van der Waals surface area contributed by atoms with E-state index in [1.54, 1.807) is 13.8 Å². The van der Waals surface area contributed by atoms with E-state index >= 15 is 0 Å². The van der Waals surface area contributed by atoms with Gasteiger partial charge in [0.1, 0.15) is 0 Å². The van der Waals surface area contributed by atoms with Gasteiger partial charge in [-0.1, -0.05) is 57.0 Å². The number of ether oxygens (including phenoxy) is 1. The van der Waals surface area contributed by atoms with E-state index in [4.69, 9.17) is 4.74 Å². The monoisotopic (exact) mass is 352 g/mol. The third kappa shape index (κ3) is 6.77. The number of rotatable bonds is 11. The highest BCUT2D eigenvalue weighted by atomic mass is 16.5. The molecule has 1 aromatic carbocycles. The molecule has 0 saturated carbocycles. The number of aliphatic hydroxyl groups excluding tert-OH is 3. The van der Waals surface area contributed by atoms with Gasteiger partial charge in [0.2, 0.25) is 0 Å². The van der Waals surface area contributed by atoms with Gasteiger partial charge < -0.3 is 20.1 Å². The zero-order valence-corrected chi connectivity index (χ0v) is 15.5. The molecule has 0 aromatic heterocycles. The molecule has 0 heterocycles. The van der Waals surface area contributed by atoms with Crippen molar-refractivity contribution in [3.8, 4) is 0 Å². The second-order valence-electron chi connectivity index (χ2n) is 6.58. The first-order valence-corrected chi connectivity index (χ1v) is 9.18. The Labute approximate surface area is 150 Å². The highest BCUT2D eigenvalue weighted by Crippen LogP contribution is 2.30. The van der Waals surface area contributed by atoms with Crippen LogP contribution in [-0.2, 0) is 9.53 Å². The van der Waals surface area contributed by atoms with Crippen LogP contribution in [0, 0.1) is 5.92 Å². The number of carbonyl (C=O) groups is 1. The predicted octanol–water partition coefficient (Wildman–Crippen LogP) is 2.63. The average molecular weight is 352 g/mol. The van der Waals surface area contributed by atoms with E-state index in [-0.39, 0.29) is 19.0 Å². The molecular formula is C20H32O5. The maximum Gasteiger partial charge on any atom is 0.313 e. The van der Waals surface area contributed by atoms with Gasteiger partial charge in [-0.3, -0.25) is 4.79 Å². The van der Waals surface area contributed by atoms with E-state index in [0.29, 0.717) is 6.42 Å². The summed E-state index contributed by atoms with van der Waals surface area (Å²) in [6.07, 6.45) is -0.530. The molecule has 5 atom stereocenters. The first-order valence-electron chi connectivity index (χ1n) is 9.18. The highest BCUT2D eigenvalue weighted by Gasteiger charge is 2.34. The molecule has 1 rings (SSSR count). The Hall–Kier alpha value is -1.43. The van der Waals surface area contributed by atoms with E-state index in [1.165, 1.54) is 0 Å². The number of hydrogen-bond acceptors (Lipinski definition) is 5. The van der Waals surface area contributed by atoms with Crippen LogP contribution in [0.4, 0.5) is 0 Å². The lowest BCUT2D eigenvalue weighted by Crippen LogP contribution is -2.36. The third-order valence-electron chi connectivity index (χ3n) is 4.61. The minimum atomic E-state index is -1.01. The first kappa shape index (κ1) is 21.6. The molecule has 25 heavy (non-hydrogen) atoms. The summed E-state index contributed by atoms with van der Waals surface area (Å²) in [6, 6.07) is 9.20. The molecule has 5 nitrogen and oxygen atoms in total. The van der Waals surface area contributed by atoms with Crippen molar-refractivity contribution in [3.63, 3.8) is 0 Å². The van der Waals surface area contributed by atoms with Gasteiger partial charge in [-0.2, -0.15) is 0 Å². The Balaban J connectivity index is 2.82. The molecule has 0 aliphatic carbocycles. The molecule has 0 saturated heterocycles. The molecule has 0 bridgehead atoms. The Morgan fingerprint density at radius 3 is 2.24 bits per heavy atom. The SMILES string of the molecule is CCCCC(O)C(O)CC(O)C(C)C(C(=O)OCC)c1ccccc1. The summed E-state index contributed by atoms with van der Waals surface area (Å²) in [5.41, 5.74) is 0.772. The highest BCUT2D eigenvalue weighted by molar-refractivity contribution is 5.78. The number of esters is 1. The van der Waals surface area contributed by atoms with Gasteiger partial charge in [0.15, 0.2) is 0 Å². The van der Waals surface area contributed by atoms with Gasteiger partial charge in [-0.15, -0.1) is 0 Å². The van der Waals surface area contributed by atoms with Crippen molar-refractivity contribution in [2.24, 2.45) is 5.92 Å². The van der Waals surface area contributed by atoms with Crippen molar-refractivity contribution >= 4 is 5.97 Å². The molecule has 5 heteroatoms. The molecule has 142 valence electrons. The molecule has 0 amide bonds. The summed E-state index contributed by atoms with van der Waals surface area (Å²) < 4.78 is 5.17. The Bertz CT molecular complexity index is 490. The normalized spacial score (nSPS) is 17.4. The minimum absolute atomic E-state index is 0.0226. The lowest BCUT2D eigenvalue weighted by Gasteiger charge is -2.29. The second kappa shape index (κ2) is 11.2. The maximum atomic E-state index is 12.4. The van der Waals surface area contributed by atoms with Crippen LogP contribution in [0.3, 0.4) is 0 Å². The summed E-state index contributed by atoms with van der Waals surface area (Å²) in [5, 5.41) is 30.6. The van der Waals surface area contributed by atoms with E-state index in [0.717, 1.165) is 18.4 Å². The van der Waals surface area contributed by atoms with Crippen LogP contribution in [0.5, 0.6) is 0 Å². The summed E-state index contributed by atoms with van der Waals surface area (Å²) in [7, 11) is 0. The minimum Gasteiger partial charge on any atom is -0.466 e. The summed E-state index contributed by atoms with van der Waals surface area (Å²) in [5.74, 6) is -1.45. The van der Waals surface area contributed by atoms with Gasteiger partial charge in [-0.25, -0.2) is 0 Å². The number of carbonyl (C=O) groups excluding carboxylic acids is 1.